The Labute approximate surface area is 165 Å². The molecule has 1 aliphatic heterocycles. The fourth-order valence-corrected chi connectivity index (χ4v) is 3.77. The summed E-state index contributed by atoms with van der Waals surface area (Å²) in [6.07, 6.45) is 1.78. The molecule has 7 heteroatoms. The lowest BCUT2D eigenvalue weighted by Crippen LogP contribution is -2.17. The number of rotatable bonds is 4. The van der Waals surface area contributed by atoms with Gasteiger partial charge in [0.25, 0.3) is 5.91 Å². The number of thiocarbonyl (C=S) groups is 1. The van der Waals surface area contributed by atoms with E-state index in [0.717, 1.165) is 16.7 Å². The molecule has 0 atom stereocenters. The van der Waals surface area contributed by atoms with Crippen LogP contribution in [0.3, 0.4) is 0 Å². The van der Waals surface area contributed by atoms with E-state index in [1.165, 1.54) is 11.8 Å². The topological polar surface area (TPSA) is 38.3 Å². The molecule has 3 rings (SSSR count). The van der Waals surface area contributed by atoms with Crippen LogP contribution in [-0.4, -0.2) is 10.2 Å². The fraction of sp³-hybridized carbons (Fsp3) is 0.111. The molecule has 2 aromatic carbocycles. The third-order valence-electron chi connectivity index (χ3n) is 3.49. The quantitative estimate of drug-likeness (QED) is 0.543. The standard InChI is InChI=1S/C18H13Cl2NO2S2/c1-10-2-5-15(23-9-11-3-4-13(19)8-14(11)20)12(6-10)7-16-17(22)21-18(24)25-16/h2-8H,9H2,1H3,(H,21,22,24). The Morgan fingerprint density at radius 2 is 2.04 bits per heavy atom. The van der Waals surface area contributed by atoms with Crippen molar-refractivity contribution in [1.82, 2.24) is 5.32 Å². The summed E-state index contributed by atoms with van der Waals surface area (Å²) < 4.78 is 6.38. The summed E-state index contributed by atoms with van der Waals surface area (Å²) in [4.78, 5) is 12.4. The molecular formula is C18H13Cl2NO2S2. The van der Waals surface area contributed by atoms with Gasteiger partial charge >= 0.3 is 0 Å². The number of aryl methyl sites for hydroxylation is 1. The molecule has 2 aromatic rings. The number of carbonyl (C=O) groups excluding carboxylic acids is 1. The lowest BCUT2D eigenvalue weighted by molar-refractivity contribution is -0.115. The highest BCUT2D eigenvalue weighted by Crippen LogP contribution is 2.31. The number of amides is 1. The second kappa shape index (κ2) is 7.79. The molecule has 128 valence electrons. The smallest absolute Gasteiger partial charge is 0.263 e. The van der Waals surface area contributed by atoms with Gasteiger partial charge in [-0.25, -0.2) is 0 Å². The number of nitrogens with one attached hydrogen (secondary N) is 1. The minimum Gasteiger partial charge on any atom is -0.488 e. The Kier molecular flexibility index (Phi) is 5.69. The van der Waals surface area contributed by atoms with Crippen molar-refractivity contribution in [2.24, 2.45) is 0 Å². The molecule has 1 N–H and O–H groups in total. The number of thioether (sulfide) groups is 1. The minimum atomic E-state index is -0.191. The van der Waals surface area contributed by atoms with Gasteiger partial charge in [0.15, 0.2) is 0 Å². The molecule has 0 spiro atoms. The van der Waals surface area contributed by atoms with Crippen LogP contribution in [0.5, 0.6) is 5.75 Å². The maximum Gasteiger partial charge on any atom is 0.263 e. The van der Waals surface area contributed by atoms with Crippen molar-refractivity contribution in [1.29, 1.82) is 0 Å². The van der Waals surface area contributed by atoms with E-state index in [2.05, 4.69) is 5.32 Å². The SMILES string of the molecule is Cc1ccc(OCc2ccc(Cl)cc2Cl)c(C=C2SC(=S)NC2=O)c1. The van der Waals surface area contributed by atoms with Crippen LogP contribution >= 0.6 is 47.2 Å². The lowest BCUT2D eigenvalue weighted by atomic mass is 10.1. The zero-order chi connectivity index (χ0) is 18.0. The minimum absolute atomic E-state index is 0.191. The molecule has 25 heavy (non-hydrogen) atoms. The third-order valence-corrected chi connectivity index (χ3v) is 5.24. The van der Waals surface area contributed by atoms with E-state index in [-0.39, 0.29) is 5.91 Å². The molecule has 1 heterocycles. The van der Waals surface area contributed by atoms with Crippen LogP contribution in [0.4, 0.5) is 0 Å². The van der Waals surface area contributed by atoms with Gasteiger partial charge < -0.3 is 10.1 Å². The predicted molar refractivity (Wildman–Crippen MR) is 108 cm³/mol. The molecule has 0 aromatic heterocycles. The van der Waals surface area contributed by atoms with Gasteiger partial charge in [0, 0.05) is 21.2 Å². The van der Waals surface area contributed by atoms with Crippen molar-refractivity contribution in [3.63, 3.8) is 0 Å². The molecule has 1 saturated heterocycles. The van der Waals surface area contributed by atoms with Gasteiger partial charge in [-0.1, -0.05) is 64.9 Å². The fourth-order valence-electron chi connectivity index (χ4n) is 2.27. The van der Waals surface area contributed by atoms with Gasteiger partial charge in [0.2, 0.25) is 0 Å². The normalized spacial score (nSPS) is 15.6. The Morgan fingerprint density at radius 3 is 2.72 bits per heavy atom. The van der Waals surface area contributed by atoms with Gasteiger partial charge in [-0.2, -0.15) is 0 Å². The molecule has 1 fully saturated rings. The van der Waals surface area contributed by atoms with Crippen molar-refractivity contribution in [3.05, 3.63) is 68.0 Å². The highest BCUT2D eigenvalue weighted by Gasteiger charge is 2.22. The maximum absolute atomic E-state index is 11.9. The van der Waals surface area contributed by atoms with Crippen LogP contribution in [0.1, 0.15) is 16.7 Å². The first-order chi connectivity index (χ1) is 11.9. The second-order valence-electron chi connectivity index (χ2n) is 5.42. The largest absolute Gasteiger partial charge is 0.488 e. The van der Waals surface area contributed by atoms with Crippen molar-refractivity contribution in [2.45, 2.75) is 13.5 Å². The summed E-state index contributed by atoms with van der Waals surface area (Å²) in [5, 5.41) is 3.74. The molecule has 0 aliphatic carbocycles. The number of hydrogen-bond acceptors (Lipinski definition) is 4. The van der Waals surface area contributed by atoms with E-state index in [9.17, 15) is 4.79 Å². The zero-order valence-corrected chi connectivity index (χ0v) is 16.3. The van der Waals surface area contributed by atoms with Gasteiger partial charge in [-0.15, -0.1) is 0 Å². The summed E-state index contributed by atoms with van der Waals surface area (Å²) >= 11 is 18.4. The molecule has 1 aliphatic rings. The van der Waals surface area contributed by atoms with Gasteiger partial charge in [-0.05, 0) is 37.3 Å². The number of hydrogen-bond donors (Lipinski definition) is 1. The van der Waals surface area contributed by atoms with E-state index < -0.39 is 0 Å². The predicted octanol–water partition coefficient (Wildman–Crippen LogP) is 5.37. The molecule has 0 radical (unpaired) electrons. The van der Waals surface area contributed by atoms with Crippen molar-refractivity contribution >= 4 is 63.5 Å². The first-order valence-electron chi connectivity index (χ1n) is 7.34. The van der Waals surface area contributed by atoms with E-state index in [4.69, 9.17) is 40.2 Å². The average molecular weight is 410 g/mol. The lowest BCUT2D eigenvalue weighted by Gasteiger charge is -2.12. The highest BCUT2D eigenvalue weighted by molar-refractivity contribution is 8.26. The van der Waals surface area contributed by atoms with Gasteiger partial charge in [0.05, 0.1) is 4.91 Å². The van der Waals surface area contributed by atoms with Crippen LogP contribution in [0.15, 0.2) is 41.3 Å². The van der Waals surface area contributed by atoms with Gasteiger partial charge in [0.1, 0.15) is 16.7 Å². The first kappa shape index (κ1) is 18.3. The Bertz CT molecular complexity index is 897. The monoisotopic (exact) mass is 409 g/mol. The summed E-state index contributed by atoms with van der Waals surface area (Å²) in [7, 11) is 0. The zero-order valence-electron chi connectivity index (χ0n) is 13.1. The number of carbonyl (C=O) groups is 1. The third kappa shape index (κ3) is 4.55. The molecular weight excluding hydrogens is 397 g/mol. The Balaban J connectivity index is 1.85. The van der Waals surface area contributed by atoms with Crippen molar-refractivity contribution in [2.75, 3.05) is 0 Å². The number of benzene rings is 2. The number of ether oxygens (including phenoxy) is 1. The summed E-state index contributed by atoms with van der Waals surface area (Å²) in [5.41, 5.74) is 2.71. The first-order valence-corrected chi connectivity index (χ1v) is 9.32. The van der Waals surface area contributed by atoms with Crippen LogP contribution in [0.2, 0.25) is 10.0 Å². The van der Waals surface area contributed by atoms with E-state index in [0.29, 0.717) is 31.6 Å². The highest BCUT2D eigenvalue weighted by atomic mass is 35.5. The average Bonchev–Trinajstić information content (AvgIpc) is 2.85. The van der Waals surface area contributed by atoms with Crippen LogP contribution in [0, 0.1) is 6.92 Å². The van der Waals surface area contributed by atoms with Gasteiger partial charge in [-0.3, -0.25) is 4.79 Å². The van der Waals surface area contributed by atoms with E-state index in [1.54, 1.807) is 18.2 Å². The van der Waals surface area contributed by atoms with E-state index in [1.807, 2.05) is 31.2 Å². The van der Waals surface area contributed by atoms with Crippen LogP contribution < -0.4 is 10.1 Å². The second-order valence-corrected chi connectivity index (χ2v) is 7.98. The molecule has 0 unspecified atom stereocenters. The van der Waals surface area contributed by atoms with Crippen LogP contribution in [-0.2, 0) is 11.4 Å². The summed E-state index contributed by atoms with van der Waals surface area (Å²) in [5.74, 6) is 0.471. The molecule has 0 saturated carbocycles. The Hall–Kier alpha value is -1.53. The van der Waals surface area contributed by atoms with Crippen molar-refractivity contribution < 1.29 is 9.53 Å². The van der Waals surface area contributed by atoms with Crippen LogP contribution in [0.25, 0.3) is 6.08 Å². The number of halogens is 2. The molecule has 0 bridgehead atoms. The molecule has 1 amide bonds. The summed E-state index contributed by atoms with van der Waals surface area (Å²) in [6, 6.07) is 11.1. The van der Waals surface area contributed by atoms with Crippen molar-refractivity contribution in [3.8, 4) is 5.75 Å². The molecule has 3 nitrogen and oxygen atoms in total. The maximum atomic E-state index is 11.9. The Morgan fingerprint density at radius 1 is 1.24 bits per heavy atom. The summed E-state index contributed by atoms with van der Waals surface area (Å²) in [6.45, 7) is 2.28. The van der Waals surface area contributed by atoms with E-state index >= 15 is 0 Å².